The summed E-state index contributed by atoms with van der Waals surface area (Å²) in [4.78, 5) is 18.6. The van der Waals surface area contributed by atoms with E-state index in [9.17, 15) is 15.0 Å². The van der Waals surface area contributed by atoms with Crippen LogP contribution in [0.3, 0.4) is 0 Å². The quantitative estimate of drug-likeness (QED) is 0.736. The van der Waals surface area contributed by atoms with Crippen LogP contribution >= 0.6 is 0 Å². The van der Waals surface area contributed by atoms with Crippen molar-refractivity contribution in [3.8, 4) is 0 Å². The van der Waals surface area contributed by atoms with E-state index in [4.69, 9.17) is 0 Å². The highest BCUT2D eigenvalue weighted by atomic mass is 16.3. The van der Waals surface area contributed by atoms with E-state index in [0.29, 0.717) is 17.9 Å². The van der Waals surface area contributed by atoms with Gasteiger partial charge in [0.25, 0.3) is 0 Å². The van der Waals surface area contributed by atoms with Gasteiger partial charge in [0, 0.05) is 46.7 Å². The molecule has 0 amide bonds. The van der Waals surface area contributed by atoms with Crippen LogP contribution in [0.2, 0.25) is 0 Å². The number of aromatic nitrogens is 1. The van der Waals surface area contributed by atoms with Gasteiger partial charge in [-0.3, -0.25) is 4.79 Å². The van der Waals surface area contributed by atoms with Crippen molar-refractivity contribution >= 4 is 10.9 Å². The number of hydrogen-bond acceptors (Lipinski definition) is 4. The Morgan fingerprint density at radius 3 is 2.54 bits per heavy atom. The second-order valence-electron chi connectivity index (χ2n) is 8.21. The lowest BCUT2D eigenvalue weighted by Crippen LogP contribution is -2.38. The Hall–Kier alpha value is -1.69. The smallest absolute Gasteiger partial charge is 0.192 e. The van der Waals surface area contributed by atoms with Crippen molar-refractivity contribution in [2.24, 2.45) is 17.3 Å². The molecule has 1 aliphatic carbocycles. The lowest BCUT2D eigenvalue weighted by molar-refractivity contribution is 0.0790. The van der Waals surface area contributed by atoms with Crippen molar-refractivity contribution in [1.29, 1.82) is 0 Å². The van der Waals surface area contributed by atoms with Crippen molar-refractivity contribution in [2.75, 3.05) is 26.3 Å². The first-order valence-corrected chi connectivity index (χ1v) is 9.58. The van der Waals surface area contributed by atoms with Gasteiger partial charge in [-0.25, -0.2) is 0 Å². The molecule has 0 bridgehead atoms. The van der Waals surface area contributed by atoms with Crippen LogP contribution in [0.5, 0.6) is 0 Å². The standard InChI is InChI=1S/C21H28N2O3/c1-13(23-9-17-18(10-23)21(17,11-24)12-25)7-8-15-14(2)22-19-6-4-3-5-16(19)20(15)26/h3-6,13,17-18,24-25H,7-12H2,1-2H3,(H,22,26). The van der Waals surface area contributed by atoms with E-state index >= 15 is 0 Å². The topological polar surface area (TPSA) is 76.6 Å². The van der Waals surface area contributed by atoms with Crippen molar-refractivity contribution in [2.45, 2.75) is 32.7 Å². The fourth-order valence-corrected chi connectivity index (χ4v) is 4.98. The van der Waals surface area contributed by atoms with E-state index in [1.54, 1.807) is 0 Å². The van der Waals surface area contributed by atoms with Gasteiger partial charge in [0.05, 0.1) is 13.2 Å². The number of likely N-dealkylation sites (tertiary alicyclic amines) is 1. The molecule has 1 aliphatic heterocycles. The summed E-state index contributed by atoms with van der Waals surface area (Å²) in [5.41, 5.74) is 2.66. The minimum absolute atomic E-state index is 0.0900. The summed E-state index contributed by atoms with van der Waals surface area (Å²) in [7, 11) is 0. The van der Waals surface area contributed by atoms with Crippen LogP contribution in [0.25, 0.3) is 10.9 Å². The highest BCUT2D eigenvalue weighted by molar-refractivity contribution is 5.79. The minimum Gasteiger partial charge on any atom is -0.396 e. The van der Waals surface area contributed by atoms with Gasteiger partial charge in [-0.05, 0) is 50.7 Å². The Morgan fingerprint density at radius 2 is 1.88 bits per heavy atom. The zero-order chi connectivity index (χ0) is 18.5. The number of aromatic amines is 1. The molecule has 26 heavy (non-hydrogen) atoms. The van der Waals surface area contributed by atoms with E-state index in [0.717, 1.165) is 48.1 Å². The van der Waals surface area contributed by atoms with Gasteiger partial charge in [-0.15, -0.1) is 0 Å². The molecule has 2 aliphatic rings. The summed E-state index contributed by atoms with van der Waals surface area (Å²) in [6.07, 6.45) is 1.71. The number of aliphatic hydroxyl groups is 2. The Kier molecular flexibility index (Phi) is 4.41. The van der Waals surface area contributed by atoms with Crippen molar-refractivity contribution in [1.82, 2.24) is 9.88 Å². The molecule has 5 heteroatoms. The van der Waals surface area contributed by atoms with E-state index in [1.165, 1.54) is 0 Å². The number of aliphatic hydroxyl groups excluding tert-OH is 2. The zero-order valence-electron chi connectivity index (χ0n) is 15.5. The van der Waals surface area contributed by atoms with Crippen molar-refractivity contribution < 1.29 is 10.2 Å². The van der Waals surface area contributed by atoms with Gasteiger partial charge in [-0.1, -0.05) is 12.1 Å². The van der Waals surface area contributed by atoms with Gasteiger partial charge in [0.2, 0.25) is 0 Å². The normalized spacial score (nSPS) is 25.4. The lowest BCUT2D eigenvalue weighted by Gasteiger charge is -2.29. The third kappa shape index (κ3) is 2.61. The van der Waals surface area contributed by atoms with Crippen LogP contribution in [0.4, 0.5) is 0 Å². The highest BCUT2D eigenvalue weighted by Gasteiger charge is 2.67. The SMILES string of the molecule is Cc1[nH]c2ccccc2c(=O)c1CCC(C)N1CC2C(C1)C2(CO)CO. The van der Waals surface area contributed by atoms with Crippen LogP contribution in [-0.4, -0.2) is 52.4 Å². The fraction of sp³-hybridized carbons (Fsp3) is 0.571. The molecule has 2 aromatic rings. The van der Waals surface area contributed by atoms with E-state index < -0.39 is 0 Å². The van der Waals surface area contributed by atoms with Crippen LogP contribution in [0.1, 0.15) is 24.6 Å². The predicted octanol–water partition coefficient (Wildman–Crippen LogP) is 1.69. The van der Waals surface area contributed by atoms with Crippen LogP contribution in [0.15, 0.2) is 29.1 Å². The molecule has 0 spiro atoms. The molecule has 3 atom stereocenters. The second-order valence-corrected chi connectivity index (χ2v) is 8.21. The summed E-state index contributed by atoms with van der Waals surface area (Å²) in [5, 5.41) is 19.9. The Bertz CT molecular complexity index is 857. The predicted molar refractivity (Wildman–Crippen MR) is 102 cm³/mol. The van der Waals surface area contributed by atoms with E-state index in [-0.39, 0.29) is 24.1 Å². The summed E-state index contributed by atoms with van der Waals surface area (Å²) in [6, 6.07) is 8.07. The molecule has 2 heterocycles. The average molecular weight is 356 g/mol. The molecule has 1 saturated carbocycles. The number of para-hydroxylation sites is 1. The molecular weight excluding hydrogens is 328 g/mol. The second kappa shape index (κ2) is 6.48. The fourth-order valence-electron chi connectivity index (χ4n) is 4.98. The molecule has 2 fully saturated rings. The van der Waals surface area contributed by atoms with Gasteiger partial charge in [0.15, 0.2) is 5.43 Å². The van der Waals surface area contributed by atoms with Crippen LogP contribution in [0, 0.1) is 24.2 Å². The Balaban J connectivity index is 1.43. The number of fused-ring (bicyclic) bond motifs is 2. The number of H-pyrrole nitrogens is 1. The lowest BCUT2D eigenvalue weighted by atomic mass is 9.99. The number of benzene rings is 1. The minimum atomic E-state index is -0.234. The number of aryl methyl sites for hydroxylation is 1. The summed E-state index contributed by atoms with van der Waals surface area (Å²) >= 11 is 0. The third-order valence-electron chi connectivity index (χ3n) is 6.96. The van der Waals surface area contributed by atoms with E-state index in [1.807, 2.05) is 31.2 Å². The highest BCUT2D eigenvalue weighted by Crippen LogP contribution is 2.62. The summed E-state index contributed by atoms with van der Waals surface area (Å²) in [6.45, 7) is 6.27. The number of rotatable bonds is 6. The molecule has 5 nitrogen and oxygen atoms in total. The molecule has 1 aromatic heterocycles. The van der Waals surface area contributed by atoms with Crippen molar-refractivity contribution in [3.05, 3.63) is 45.7 Å². The van der Waals surface area contributed by atoms with Crippen molar-refractivity contribution in [3.63, 3.8) is 0 Å². The number of nitrogens with one attached hydrogen (secondary N) is 1. The maximum absolute atomic E-state index is 12.8. The number of hydrogen-bond donors (Lipinski definition) is 3. The van der Waals surface area contributed by atoms with Gasteiger partial charge in [-0.2, -0.15) is 0 Å². The first-order chi connectivity index (χ1) is 12.5. The zero-order valence-corrected chi connectivity index (χ0v) is 15.5. The average Bonchev–Trinajstić information content (AvgIpc) is 3.00. The molecule has 1 aromatic carbocycles. The van der Waals surface area contributed by atoms with Gasteiger partial charge in [0.1, 0.15) is 0 Å². The largest absolute Gasteiger partial charge is 0.396 e. The number of pyridine rings is 1. The monoisotopic (exact) mass is 356 g/mol. The molecule has 0 radical (unpaired) electrons. The summed E-state index contributed by atoms with van der Waals surface area (Å²) < 4.78 is 0. The third-order valence-corrected chi connectivity index (χ3v) is 6.96. The molecule has 1 saturated heterocycles. The number of piperidine rings is 1. The maximum atomic E-state index is 12.8. The first kappa shape index (κ1) is 17.7. The molecule has 140 valence electrons. The number of nitrogens with zero attached hydrogens (tertiary/aromatic N) is 1. The van der Waals surface area contributed by atoms with E-state index in [2.05, 4.69) is 16.8 Å². The Labute approximate surface area is 153 Å². The van der Waals surface area contributed by atoms with Crippen LogP contribution in [-0.2, 0) is 6.42 Å². The maximum Gasteiger partial charge on any atom is 0.192 e. The van der Waals surface area contributed by atoms with Crippen LogP contribution < -0.4 is 5.43 Å². The molecule has 3 N–H and O–H groups in total. The van der Waals surface area contributed by atoms with Gasteiger partial charge >= 0.3 is 0 Å². The van der Waals surface area contributed by atoms with Gasteiger partial charge < -0.3 is 20.1 Å². The summed E-state index contributed by atoms with van der Waals surface area (Å²) in [5.74, 6) is 0.844. The molecule has 4 rings (SSSR count). The molecular formula is C21H28N2O3. The Morgan fingerprint density at radius 1 is 1.23 bits per heavy atom. The first-order valence-electron chi connectivity index (χ1n) is 9.58. The molecule has 3 unspecified atom stereocenters.